The third-order valence-corrected chi connectivity index (χ3v) is 8.43. The second-order valence-corrected chi connectivity index (χ2v) is 11.0. The number of nitrogens with zero attached hydrogens (tertiary/aromatic N) is 3. The maximum atomic E-state index is 13.8. The Morgan fingerprint density at radius 3 is 2.30 bits per heavy atom. The zero-order chi connectivity index (χ0) is 26.4. The van der Waals surface area contributed by atoms with Gasteiger partial charge >= 0.3 is 0 Å². The molecule has 196 valence electrons. The molecule has 0 unspecified atom stereocenters. The van der Waals surface area contributed by atoms with Crippen LogP contribution in [0.1, 0.15) is 11.1 Å². The van der Waals surface area contributed by atoms with Crippen molar-refractivity contribution in [2.24, 2.45) is 0 Å². The van der Waals surface area contributed by atoms with Crippen LogP contribution in [-0.2, 0) is 21.2 Å². The van der Waals surface area contributed by atoms with Gasteiger partial charge in [-0.15, -0.1) is 0 Å². The molecule has 0 aliphatic carbocycles. The van der Waals surface area contributed by atoms with E-state index in [-0.39, 0.29) is 35.5 Å². The van der Waals surface area contributed by atoms with Gasteiger partial charge in [0.1, 0.15) is 16.5 Å². The Bertz CT molecular complexity index is 1310. The van der Waals surface area contributed by atoms with Crippen LogP contribution < -0.4 is 9.64 Å². The molecule has 0 bridgehead atoms. The van der Waals surface area contributed by atoms with Crippen LogP contribution >= 0.6 is 0 Å². The fourth-order valence-electron chi connectivity index (χ4n) is 4.42. The summed E-state index contributed by atoms with van der Waals surface area (Å²) < 4.78 is 47.5. The van der Waals surface area contributed by atoms with Gasteiger partial charge in [-0.1, -0.05) is 36.4 Å². The fraction of sp³-hybridized carbons (Fsp3) is 0.321. The number of hydrogen-bond acceptors (Lipinski definition) is 5. The summed E-state index contributed by atoms with van der Waals surface area (Å²) in [5, 5.41) is 0. The lowest BCUT2D eigenvalue weighted by Gasteiger charge is -2.37. The van der Waals surface area contributed by atoms with Crippen molar-refractivity contribution in [2.75, 3.05) is 51.3 Å². The van der Waals surface area contributed by atoms with Crippen LogP contribution in [0.5, 0.6) is 5.75 Å². The second kappa shape index (κ2) is 11.7. The molecule has 4 rings (SSSR count). The zero-order valence-electron chi connectivity index (χ0n) is 21.1. The van der Waals surface area contributed by atoms with E-state index in [9.17, 15) is 17.6 Å². The van der Waals surface area contributed by atoms with Gasteiger partial charge in [0, 0.05) is 38.4 Å². The third-order valence-electron chi connectivity index (χ3n) is 6.57. The number of sulfonamides is 1. The lowest BCUT2D eigenvalue weighted by atomic mass is 10.1. The number of amides is 1. The Hall–Kier alpha value is -3.43. The fourth-order valence-corrected chi connectivity index (χ4v) is 6.05. The Morgan fingerprint density at radius 1 is 0.973 bits per heavy atom. The van der Waals surface area contributed by atoms with Crippen molar-refractivity contribution in [1.29, 1.82) is 0 Å². The Kier molecular flexibility index (Phi) is 8.45. The van der Waals surface area contributed by atoms with Gasteiger partial charge in [-0.2, -0.15) is 4.31 Å². The van der Waals surface area contributed by atoms with E-state index in [1.54, 1.807) is 35.2 Å². The van der Waals surface area contributed by atoms with Gasteiger partial charge in [-0.3, -0.25) is 4.79 Å². The van der Waals surface area contributed by atoms with Crippen molar-refractivity contribution < 1.29 is 22.3 Å². The minimum atomic E-state index is -4.01. The summed E-state index contributed by atoms with van der Waals surface area (Å²) in [7, 11) is -2.58. The highest BCUT2D eigenvalue weighted by molar-refractivity contribution is 7.89. The average molecular weight is 526 g/mol. The van der Waals surface area contributed by atoms with E-state index in [0.717, 1.165) is 16.8 Å². The SMILES string of the molecule is COc1ccc(C)cc1S(=O)(=O)N(CCc1ccccc1)CC(=O)N1CCN(c2ccc(F)cc2)CC1. The Balaban J connectivity index is 1.51. The number of carbonyl (C=O) groups is 1. The number of hydrogen-bond donors (Lipinski definition) is 0. The van der Waals surface area contributed by atoms with Gasteiger partial charge < -0.3 is 14.5 Å². The lowest BCUT2D eigenvalue weighted by molar-refractivity contribution is -0.131. The second-order valence-electron chi connectivity index (χ2n) is 9.07. The molecule has 3 aromatic carbocycles. The topological polar surface area (TPSA) is 70.2 Å². The average Bonchev–Trinajstić information content (AvgIpc) is 2.92. The molecular formula is C28H32FN3O4S. The van der Waals surface area contributed by atoms with Crippen LogP contribution in [0.25, 0.3) is 0 Å². The molecule has 0 aromatic heterocycles. The van der Waals surface area contributed by atoms with Crippen LogP contribution in [0.15, 0.2) is 77.7 Å². The molecule has 1 aliphatic heterocycles. The first kappa shape index (κ1) is 26.6. The summed E-state index contributed by atoms with van der Waals surface area (Å²) >= 11 is 0. The van der Waals surface area contributed by atoms with Gasteiger partial charge in [0.2, 0.25) is 15.9 Å². The van der Waals surface area contributed by atoms with Crippen LogP contribution in [0.3, 0.4) is 0 Å². The largest absolute Gasteiger partial charge is 0.495 e. The molecular weight excluding hydrogens is 493 g/mol. The molecule has 1 aliphatic rings. The highest BCUT2D eigenvalue weighted by atomic mass is 32.2. The van der Waals surface area contributed by atoms with E-state index < -0.39 is 10.0 Å². The summed E-state index contributed by atoms with van der Waals surface area (Å²) in [6, 6.07) is 20.9. The predicted molar refractivity (Wildman–Crippen MR) is 142 cm³/mol. The molecule has 0 radical (unpaired) electrons. The van der Waals surface area contributed by atoms with Gasteiger partial charge in [0.15, 0.2) is 0 Å². The third kappa shape index (κ3) is 6.47. The molecule has 0 atom stereocenters. The number of halogens is 1. The first-order valence-corrected chi connectivity index (χ1v) is 13.7. The van der Waals surface area contributed by atoms with Gasteiger partial charge in [0.05, 0.1) is 13.7 Å². The van der Waals surface area contributed by atoms with Crippen molar-refractivity contribution in [3.63, 3.8) is 0 Å². The van der Waals surface area contributed by atoms with E-state index in [1.807, 2.05) is 37.3 Å². The van der Waals surface area contributed by atoms with Crippen molar-refractivity contribution in [3.8, 4) is 5.75 Å². The normalized spacial score (nSPS) is 14.2. The quantitative estimate of drug-likeness (QED) is 0.426. The number of piperazine rings is 1. The highest BCUT2D eigenvalue weighted by Gasteiger charge is 2.32. The van der Waals surface area contributed by atoms with Crippen LogP contribution in [0.4, 0.5) is 10.1 Å². The van der Waals surface area contributed by atoms with Crippen molar-refractivity contribution in [3.05, 3.63) is 89.7 Å². The number of rotatable bonds is 9. The molecule has 0 saturated carbocycles. The first-order chi connectivity index (χ1) is 17.8. The highest BCUT2D eigenvalue weighted by Crippen LogP contribution is 2.28. The van der Waals surface area contributed by atoms with Crippen molar-refractivity contribution in [1.82, 2.24) is 9.21 Å². The Labute approximate surface area is 218 Å². The molecule has 9 heteroatoms. The molecule has 0 N–H and O–H groups in total. The number of carbonyl (C=O) groups excluding carboxylic acids is 1. The van der Waals surface area contributed by atoms with E-state index in [0.29, 0.717) is 32.6 Å². The summed E-state index contributed by atoms with van der Waals surface area (Å²) in [4.78, 5) is 17.2. The molecule has 1 amide bonds. The monoisotopic (exact) mass is 525 g/mol. The van der Waals surface area contributed by atoms with E-state index in [4.69, 9.17) is 4.74 Å². The Morgan fingerprint density at radius 2 is 1.65 bits per heavy atom. The van der Waals surface area contributed by atoms with Crippen LogP contribution in [0.2, 0.25) is 0 Å². The molecule has 1 saturated heterocycles. The smallest absolute Gasteiger partial charge is 0.247 e. The van der Waals surface area contributed by atoms with Gasteiger partial charge in [0.25, 0.3) is 0 Å². The van der Waals surface area contributed by atoms with Crippen molar-refractivity contribution in [2.45, 2.75) is 18.2 Å². The predicted octanol–water partition coefficient (Wildman–Crippen LogP) is 3.72. The number of aryl methyl sites for hydroxylation is 1. The van der Waals surface area contributed by atoms with Gasteiger partial charge in [-0.25, -0.2) is 12.8 Å². The maximum Gasteiger partial charge on any atom is 0.247 e. The van der Waals surface area contributed by atoms with E-state index in [1.165, 1.54) is 23.5 Å². The molecule has 3 aromatic rings. The van der Waals surface area contributed by atoms with E-state index >= 15 is 0 Å². The number of ether oxygens (including phenoxy) is 1. The summed E-state index contributed by atoms with van der Waals surface area (Å²) in [6.07, 6.45) is 0.472. The number of methoxy groups -OCH3 is 1. The molecule has 7 nitrogen and oxygen atoms in total. The lowest BCUT2D eigenvalue weighted by Crippen LogP contribution is -2.52. The number of anilines is 1. The standard InChI is InChI=1S/C28H32FN3O4S/c1-22-8-13-26(36-2)27(20-22)37(34,35)32(15-14-23-6-4-3-5-7-23)21-28(33)31-18-16-30(17-19-31)25-11-9-24(29)10-12-25/h3-13,20H,14-19,21H2,1-2H3. The van der Waals surface area contributed by atoms with Crippen LogP contribution in [0, 0.1) is 12.7 Å². The molecule has 1 fully saturated rings. The van der Waals surface area contributed by atoms with Gasteiger partial charge in [-0.05, 0) is 60.9 Å². The zero-order valence-corrected chi connectivity index (χ0v) is 22.0. The van der Waals surface area contributed by atoms with Crippen LogP contribution in [-0.4, -0.2) is 69.9 Å². The van der Waals surface area contributed by atoms with E-state index in [2.05, 4.69) is 4.90 Å². The first-order valence-electron chi connectivity index (χ1n) is 12.2. The minimum absolute atomic E-state index is 0.0528. The molecule has 37 heavy (non-hydrogen) atoms. The molecule has 0 spiro atoms. The number of benzene rings is 3. The van der Waals surface area contributed by atoms with Crippen molar-refractivity contribution >= 4 is 21.6 Å². The summed E-state index contributed by atoms with van der Waals surface area (Å²) in [6.45, 7) is 3.79. The summed E-state index contributed by atoms with van der Waals surface area (Å²) in [5.74, 6) is -0.294. The minimum Gasteiger partial charge on any atom is -0.495 e. The maximum absolute atomic E-state index is 13.8. The summed E-state index contributed by atoms with van der Waals surface area (Å²) in [5.41, 5.74) is 2.66. The molecule has 1 heterocycles.